The molecule has 0 spiro atoms. The predicted octanol–water partition coefficient (Wildman–Crippen LogP) is 3.21. The lowest BCUT2D eigenvalue weighted by Crippen LogP contribution is -2.18. The van der Waals surface area contributed by atoms with Gasteiger partial charge >= 0.3 is 0 Å². The van der Waals surface area contributed by atoms with E-state index in [4.69, 9.17) is 5.73 Å². The molecule has 0 saturated carbocycles. The van der Waals surface area contributed by atoms with Crippen molar-refractivity contribution in [3.63, 3.8) is 0 Å². The first-order chi connectivity index (χ1) is 6.22. The summed E-state index contributed by atoms with van der Waals surface area (Å²) >= 11 is 0. The maximum atomic E-state index is 5.54. The second-order valence-corrected chi connectivity index (χ2v) is 2.55. The van der Waals surface area contributed by atoms with Crippen LogP contribution in [0.2, 0.25) is 0 Å². The minimum atomic E-state index is 0.0417. The minimum Gasteiger partial charge on any atom is -0.321 e. The van der Waals surface area contributed by atoms with Crippen LogP contribution in [0, 0.1) is 0 Å². The van der Waals surface area contributed by atoms with Gasteiger partial charge in [-0.15, -0.1) is 13.2 Å². The van der Waals surface area contributed by atoms with Gasteiger partial charge in [0.1, 0.15) is 0 Å². The van der Waals surface area contributed by atoms with Crippen LogP contribution in [0.3, 0.4) is 0 Å². The second-order valence-electron chi connectivity index (χ2n) is 2.55. The van der Waals surface area contributed by atoms with E-state index in [9.17, 15) is 0 Å². The van der Waals surface area contributed by atoms with Crippen molar-refractivity contribution < 1.29 is 0 Å². The fraction of sp³-hybridized carbons (Fsp3) is 0.333. The zero-order valence-electron chi connectivity index (χ0n) is 8.79. The molecule has 0 bridgehead atoms. The van der Waals surface area contributed by atoms with Crippen LogP contribution in [0.5, 0.6) is 0 Å². The maximum Gasteiger partial charge on any atom is 0.0478 e. The largest absolute Gasteiger partial charge is 0.321 e. The molecule has 0 amide bonds. The highest BCUT2D eigenvalue weighted by molar-refractivity contribution is 5.33. The summed E-state index contributed by atoms with van der Waals surface area (Å²) in [6.07, 6.45) is 8.96. The standard InChI is InChI=1S/C7H9N.C3H8.C2H4/c1-6-4-2-3-5-7(6)8;1-3-2;1-2/h2-5,7H,1,8H2;3H2,1-2H3;1-2H2. The predicted molar refractivity (Wildman–Crippen MR) is 62.6 cm³/mol. The van der Waals surface area contributed by atoms with Gasteiger partial charge in [-0.3, -0.25) is 0 Å². The molecular weight excluding hydrogens is 158 g/mol. The average Bonchev–Trinajstić information content (AvgIpc) is 2.15. The van der Waals surface area contributed by atoms with Gasteiger partial charge in [0.05, 0.1) is 0 Å². The Morgan fingerprint density at radius 2 is 1.77 bits per heavy atom. The first-order valence-electron chi connectivity index (χ1n) is 4.51. The average molecular weight is 179 g/mol. The number of allylic oxidation sites excluding steroid dienone is 2. The molecule has 2 N–H and O–H groups in total. The van der Waals surface area contributed by atoms with E-state index in [1.54, 1.807) is 0 Å². The SMILES string of the molecule is C=C.C=C1C=CC=CC1N.CCC. The molecule has 1 unspecified atom stereocenters. The van der Waals surface area contributed by atoms with Crippen LogP contribution in [-0.2, 0) is 0 Å². The molecule has 0 fully saturated rings. The van der Waals surface area contributed by atoms with Crippen molar-refractivity contribution in [1.29, 1.82) is 0 Å². The third kappa shape index (κ3) is 8.83. The van der Waals surface area contributed by atoms with E-state index in [2.05, 4.69) is 33.6 Å². The highest BCUT2D eigenvalue weighted by Crippen LogP contribution is 2.04. The van der Waals surface area contributed by atoms with Gasteiger partial charge in [0.15, 0.2) is 0 Å². The highest BCUT2D eigenvalue weighted by atomic mass is 14.6. The van der Waals surface area contributed by atoms with Crippen molar-refractivity contribution in [2.45, 2.75) is 26.3 Å². The van der Waals surface area contributed by atoms with Crippen molar-refractivity contribution in [1.82, 2.24) is 0 Å². The molecule has 0 saturated heterocycles. The van der Waals surface area contributed by atoms with E-state index in [0.717, 1.165) is 5.57 Å². The zero-order chi connectivity index (χ0) is 10.7. The summed E-state index contributed by atoms with van der Waals surface area (Å²) in [4.78, 5) is 0. The Balaban J connectivity index is 0. The van der Waals surface area contributed by atoms with Gasteiger partial charge in [0.25, 0.3) is 0 Å². The van der Waals surface area contributed by atoms with Gasteiger partial charge in [-0.1, -0.05) is 51.2 Å². The lowest BCUT2D eigenvalue weighted by Gasteiger charge is -2.07. The third-order valence-corrected chi connectivity index (χ3v) is 1.17. The van der Waals surface area contributed by atoms with E-state index in [1.165, 1.54) is 6.42 Å². The van der Waals surface area contributed by atoms with E-state index in [0.29, 0.717) is 0 Å². The molecule has 0 radical (unpaired) electrons. The lowest BCUT2D eigenvalue weighted by molar-refractivity contribution is 0.977. The summed E-state index contributed by atoms with van der Waals surface area (Å²) in [5.41, 5.74) is 6.52. The summed E-state index contributed by atoms with van der Waals surface area (Å²) in [5.74, 6) is 0. The molecule has 0 aromatic heterocycles. The molecule has 0 heterocycles. The number of hydrogen-bond acceptors (Lipinski definition) is 1. The minimum absolute atomic E-state index is 0.0417. The molecule has 13 heavy (non-hydrogen) atoms. The van der Waals surface area contributed by atoms with Gasteiger partial charge in [0, 0.05) is 6.04 Å². The Labute approximate surface area is 82.3 Å². The monoisotopic (exact) mass is 179 g/mol. The van der Waals surface area contributed by atoms with Gasteiger partial charge in [-0.25, -0.2) is 0 Å². The molecule has 0 aromatic rings. The molecular formula is C12H21N. The first-order valence-corrected chi connectivity index (χ1v) is 4.51. The van der Waals surface area contributed by atoms with Gasteiger partial charge < -0.3 is 5.73 Å². The van der Waals surface area contributed by atoms with Gasteiger partial charge in [0.2, 0.25) is 0 Å². The Kier molecular flexibility index (Phi) is 12.1. The van der Waals surface area contributed by atoms with Crippen molar-refractivity contribution in [2.24, 2.45) is 5.73 Å². The van der Waals surface area contributed by atoms with E-state index in [-0.39, 0.29) is 6.04 Å². The Bertz CT molecular complexity index is 178. The maximum absolute atomic E-state index is 5.54. The normalized spacial score (nSPS) is 18.1. The number of nitrogens with two attached hydrogens (primary N) is 1. The molecule has 1 heteroatoms. The van der Waals surface area contributed by atoms with Crippen LogP contribution in [0.15, 0.2) is 49.6 Å². The fourth-order valence-electron chi connectivity index (χ4n) is 0.598. The smallest absolute Gasteiger partial charge is 0.0478 e. The number of rotatable bonds is 0. The summed E-state index contributed by atoms with van der Waals surface area (Å²) < 4.78 is 0. The first kappa shape index (κ1) is 14.4. The van der Waals surface area contributed by atoms with Crippen molar-refractivity contribution >= 4 is 0 Å². The molecule has 1 aliphatic carbocycles. The molecule has 74 valence electrons. The van der Waals surface area contributed by atoms with E-state index in [1.807, 2.05) is 24.3 Å². The van der Waals surface area contributed by atoms with Crippen LogP contribution < -0.4 is 5.73 Å². The van der Waals surface area contributed by atoms with Crippen LogP contribution in [0.1, 0.15) is 20.3 Å². The highest BCUT2D eigenvalue weighted by Gasteiger charge is 1.99. The van der Waals surface area contributed by atoms with Crippen molar-refractivity contribution in [3.8, 4) is 0 Å². The molecule has 1 atom stereocenters. The summed E-state index contributed by atoms with van der Waals surface area (Å²) in [6, 6.07) is 0.0417. The van der Waals surface area contributed by atoms with Gasteiger partial charge in [-0.05, 0) is 5.57 Å². The lowest BCUT2D eigenvalue weighted by atomic mass is 10.1. The van der Waals surface area contributed by atoms with Crippen LogP contribution in [0.25, 0.3) is 0 Å². The van der Waals surface area contributed by atoms with Crippen molar-refractivity contribution in [3.05, 3.63) is 49.6 Å². The summed E-state index contributed by atoms with van der Waals surface area (Å²) in [6.45, 7) is 14.0. The van der Waals surface area contributed by atoms with E-state index >= 15 is 0 Å². The Morgan fingerprint density at radius 1 is 1.31 bits per heavy atom. The summed E-state index contributed by atoms with van der Waals surface area (Å²) in [7, 11) is 0. The quantitative estimate of drug-likeness (QED) is 0.568. The van der Waals surface area contributed by atoms with Crippen LogP contribution in [-0.4, -0.2) is 6.04 Å². The molecule has 0 aliphatic heterocycles. The molecule has 1 aliphatic rings. The fourth-order valence-corrected chi connectivity index (χ4v) is 0.598. The van der Waals surface area contributed by atoms with E-state index < -0.39 is 0 Å². The van der Waals surface area contributed by atoms with Crippen LogP contribution >= 0.6 is 0 Å². The molecule has 1 nitrogen and oxygen atoms in total. The third-order valence-electron chi connectivity index (χ3n) is 1.17. The van der Waals surface area contributed by atoms with Crippen molar-refractivity contribution in [2.75, 3.05) is 0 Å². The van der Waals surface area contributed by atoms with Crippen LogP contribution in [0.4, 0.5) is 0 Å². The Hall–Kier alpha value is -1.08. The van der Waals surface area contributed by atoms with Gasteiger partial charge in [-0.2, -0.15) is 0 Å². The molecule has 0 aromatic carbocycles. The zero-order valence-corrected chi connectivity index (χ0v) is 8.79. The Morgan fingerprint density at radius 3 is 2.00 bits per heavy atom. The number of hydrogen-bond donors (Lipinski definition) is 1. The second kappa shape index (κ2) is 10.9. The topological polar surface area (TPSA) is 26.0 Å². The summed E-state index contributed by atoms with van der Waals surface area (Å²) in [5, 5.41) is 0. The molecule has 1 rings (SSSR count).